The molecule has 2 aromatic rings. The molecule has 0 fully saturated rings. The molecule has 1 unspecified atom stereocenters. The number of amides is 1. The molecule has 6 heteroatoms. The second kappa shape index (κ2) is 9.93. The lowest BCUT2D eigenvalue weighted by Crippen LogP contribution is -2.37. The number of nitrogens with one attached hydrogen (secondary N) is 1. The van der Waals surface area contributed by atoms with Crippen LogP contribution in [0, 0.1) is 5.82 Å². The van der Waals surface area contributed by atoms with E-state index in [0.29, 0.717) is 35.1 Å². The molecule has 25 heavy (non-hydrogen) atoms. The molecule has 0 aromatic heterocycles. The van der Waals surface area contributed by atoms with Crippen LogP contribution in [0.5, 0.6) is 11.5 Å². The van der Waals surface area contributed by atoms with Crippen molar-refractivity contribution in [1.29, 1.82) is 0 Å². The van der Waals surface area contributed by atoms with E-state index in [9.17, 15) is 9.18 Å². The zero-order valence-electron chi connectivity index (χ0n) is 14.3. The van der Waals surface area contributed by atoms with Crippen molar-refractivity contribution in [2.24, 2.45) is 0 Å². The zero-order chi connectivity index (χ0) is 18.1. The Morgan fingerprint density at radius 3 is 2.72 bits per heavy atom. The molecule has 4 nitrogen and oxygen atoms in total. The minimum absolute atomic E-state index is 0.186. The third-order valence-corrected chi connectivity index (χ3v) is 4.49. The summed E-state index contributed by atoms with van der Waals surface area (Å²) in [6, 6.07) is 13.8. The van der Waals surface area contributed by atoms with Crippen LogP contribution >= 0.6 is 11.8 Å². The van der Waals surface area contributed by atoms with Gasteiger partial charge in [0.05, 0.1) is 7.11 Å². The van der Waals surface area contributed by atoms with Crippen LogP contribution in [0.2, 0.25) is 0 Å². The quantitative estimate of drug-likeness (QED) is 0.691. The molecule has 0 heterocycles. The van der Waals surface area contributed by atoms with E-state index < -0.39 is 6.10 Å². The van der Waals surface area contributed by atoms with Crippen molar-refractivity contribution in [1.82, 2.24) is 5.32 Å². The van der Waals surface area contributed by atoms with Gasteiger partial charge in [-0.1, -0.05) is 24.3 Å². The van der Waals surface area contributed by atoms with Gasteiger partial charge in [-0.25, -0.2) is 4.39 Å². The molecule has 134 valence electrons. The van der Waals surface area contributed by atoms with Crippen molar-refractivity contribution in [2.45, 2.75) is 18.8 Å². The van der Waals surface area contributed by atoms with Crippen LogP contribution < -0.4 is 14.8 Å². The number of benzene rings is 2. The topological polar surface area (TPSA) is 47.6 Å². The lowest BCUT2D eigenvalue weighted by molar-refractivity contribution is -0.127. The predicted molar refractivity (Wildman–Crippen MR) is 98.7 cm³/mol. The molecule has 0 saturated heterocycles. The number of hydrogen-bond acceptors (Lipinski definition) is 4. The van der Waals surface area contributed by atoms with E-state index in [0.717, 1.165) is 0 Å². The maximum atomic E-state index is 13.5. The summed E-state index contributed by atoms with van der Waals surface area (Å²) in [5.41, 5.74) is 0.675. The second-order valence-electron chi connectivity index (χ2n) is 5.37. The molecule has 2 rings (SSSR count). The highest BCUT2D eigenvalue weighted by molar-refractivity contribution is 7.98. The molecule has 0 radical (unpaired) electrons. The van der Waals surface area contributed by atoms with E-state index in [2.05, 4.69) is 5.32 Å². The molecule has 0 aliphatic heterocycles. The number of ether oxygens (including phenoxy) is 2. The second-order valence-corrected chi connectivity index (χ2v) is 6.48. The molecule has 2 aromatic carbocycles. The number of thioether (sulfide) groups is 1. The Morgan fingerprint density at radius 1 is 1.20 bits per heavy atom. The van der Waals surface area contributed by atoms with Crippen LogP contribution in [0.1, 0.15) is 12.5 Å². The Labute approximate surface area is 151 Å². The number of carbonyl (C=O) groups is 1. The van der Waals surface area contributed by atoms with Gasteiger partial charge in [0, 0.05) is 24.1 Å². The van der Waals surface area contributed by atoms with E-state index in [4.69, 9.17) is 9.47 Å². The van der Waals surface area contributed by atoms with Crippen LogP contribution in [0.4, 0.5) is 4.39 Å². The van der Waals surface area contributed by atoms with Crippen molar-refractivity contribution >= 4 is 17.7 Å². The summed E-state index contributed by atoms with van der Waals surface area (Å²) >= 11 is 1.57. The van der Waals surface area contributed by atoms with Crippen LogP contribution in [-0.2, 0) is 10.5 Å². The zero-order valence-corrected chi connectivity index (χ0v) is 15.1. The summed E-state index contributed by atoms with van der Waals surface area (Å²) in [6.07, 6.45) is -0.608. The average molecular weight is 363 g/mol. The van der Waals surface area contributed by atoms with E-state index in [1.54, 1.807) is 56.1 Å². The molecule has 1 amide bonds. The van der Waals surface area contributed by atoms with Gasteiger partial charge in [-0.05, 0) is 30.7 Å². The number of halogens is 1. The Balaban J connectivity index is 1.68. The van der Waals surface area contributed by atoms with E-state index >= 15 is 0 Å². The minimum atomic E-state index is -0.608. The maximum Gasteiger partial charge on any atom is 0.260 e. The highest BCUT2D eigenvalue weighted by atomic mass is 32.2. The Bertz CT molecular complexity index is 696. The maximum absolute atomic E-state index is 13.5. The molecule has 0 spiro atoms. The highest BCUT2D eigenvalue weighted by Gasteiger charge is 2.14. The summed E-state index contributed by atoms with van der Waals surface area (Å²) in [5.74, 6) is 2.16. The summed E-state index contributed by atoms with van der Waals surface area (Å²) in [4.78, 5) is 12.1. The van der Waals surface area contributed by atoms with Crippen LogP contribution in [0.3, 0.4) is 0 Å². The molecule has 0 aliphatic carbocycles. The number of hydrogen-bond donors (Lipinski definition) is 1. The monoisotopic (exact) mass is 363 g/mol. The molecule has 1 N–H and O–H groups in total. The van der Waals surface area contributed by atoms with Gasteiger partial charge in [0.2, 0.25) is 0 Å². The van der Waals surface area contributed by atoms with Gasteiger partial charge in [0.25, 0.3) is 5.91 Å². The van der Waals surface area contributed by atoms with Crippen LogP contribution in [0.25, 0.3) is 0 Å². The average Bonchev–Trinajstić information content (AvgIpc) is 2.62. The Kier molecular flexibility index (Phi) is 7.60. The van der Waals surface area contributed by atoms with Gasteiger partial charge in [0.1, 0.15) is 17.3 Å². The van der Waals surface area contributed by atoms with E-state index in [1.165, 1.54) is 6.07 Å². The van der Waals surface area contributed by atoms with Crippen molar-refractivity contribution in [3.05, 3.63) is 59.9 Å². The van der Waals surface area contributed by atoms with Gasteiger partial charge in [0.15, 0.2) is 6.10 Å². The number of carbonyl (C=O) groups excluding carboxylic acids is 1. The van der Waals surface area contributed by atoms with Crippen molar-refractivity contribution in [3.8, 4) is 11.5 Å². The van der Waals surface area contributed by atoms with Crippen LogP contribution in [0.15, 0.2) is 48.5 Å². The molecule has 0 aliphatic rings. The largest absolute Gasteiger partial charge is 0.497 e. The lowest BCUT2D eigenvalue weighted by Gasteiger charge is -2.15. The van der Waals surface area contributed by atoms with Crippen LogP contribution in [-0.4, -0.2) is 31.4 Å². The van der Waals surface area contributed by atoms with Gasteiger partial charge in [-0.2, -0.15) is 11.8 Å². The minimum Gasteiger partial charge on any atom is -0.497 e. The third kappa shape index (κ3) is 6.31. The Morgan fingerprint density at radius 2 is 1.96 bits per heavy atom. The van der Waals surface area contributed by atoms with Crippen molar-refractivity contribution < 1.29 is 18.7 Å². The smallest absolute Gasteiger partial charge is 0.260 e. The fraction of sp³-hybridized carbons (Fsp3) is 0.316. The standard InChI is InChI=1S/C19H22FNO3S/c1-14(24-17-8-5-7-16(12-17)23-2)19(22)21-10-11-25-13-15-6-3-4-9-18(15)20/h3-9,12,14H,10-11,13H2,1-2H3,(H,21,22). The summed E-state index contributed by atoms with van der Waals surface area (Å²) in [5, 5.41) is 2.82. The molecule has 1 atom stereocenters. The first-order valence-electron chi connectivity index (χ1n) is 7.99. The molecule has 0 bridgehead atoms. The number of rotatable bonds is 9. The molecular formula is C19H22FNO3S. The van der Waals surface area contributed by atoms with Crippen molar-refractivity contribution in [2.75, 3.05) is 19.4 Å². The van der Waals surface area contributed by atoms with E-state index in [1.807, 2.05) is 12.1 Å². The summed E-state index contributed by atoms with van der Waals surface area (Å²) < 4.78 is 24.2. The van der Waals surface area contributed by atoms with Gasteiger partial charge in [-0.15, -0.1) is 0 Å². The van der Waals surface area contributed by atoms with Gasteiger partial charge >= 0.3 is 0 Å². The number of methoxy groups -OCH3 is 1. The van der Waals surface area contributed by atoms with E-state index in [-0.39, 0.29) is 11.7 Å². The Hall–Kier alpha value is -2.21. The lowest BCUT2D eigenvalue weighted by atomic mass is 10.2. The highest BCUT2D eigenvalue weighted by Crippen LogP contribution is 2.20. The van der Waals surface area contributed by atoms with Gasteiger partial charge in [-0.3, -0.25) is 4.79 Å². The molecular weight excluding hydrogens is 341 g/mol. The first kappa shape index (κ1) is 19.1. The summed E-state index contributed by atoms with van der Waals surface area (Å²) in [6.45, 7) is 2.20. The summed E-state index contributed by atoms with van der Waals surface area (Å²) in [7, 11) is 1.58. The van der Waals surface area contributed by atoms with Gasteiger partial charge < -0.3 is 14.8 Å². The normalized spacial score (nSPS) is 11.6. The fourth-order valence-corrected chi connectivity index (χ4v) is 2.96. The van der Waals surface area contributed by atoms with Crippen molar-refractivity contribution in [3.63, 3.8) is 0 Å². The molecule has 0 saturated carbocycles. The third-order valence-electron chi connectivity index (χ3n) is 3.48. The predicted octanol–water partition coefficient (Wildman–Crippen LogP) is 3.65. The first-order chi connectivity index (χ1) is 12.1. The fourth-order valence-electron chi connectivity index (χ4n) is 2.12. The SMILES string of the molecule is COc1cccc(OC(C)C(=O)NCCSCc2ccccc2F)c1. The first-order valence-corrected chi connectivity index (χ1v) is 9.15.